The maximum absolute atomic E-state index is 12.2. The largest absolute Gasteiger partial charge is 0.506 e. The van der Waals surface area contributed by atoms with Gasteiger partial charge in [0.2, 0.25) is 0 Å². The van der Waals surface area contributed by atoms with E-state index in [2.05, 4.69) is 31.9 Å². The molecule has 0 aliphatic rings. The third-order valence-corrected chi connectivity index (χ3v) is 3.91. The number of Topliss-reactive ketones (excluding diaryl/α,β-unsaturated/α-hetero) is 1. The van der Waals surface area contributed by atoms with Crippen molar-refractivity contribution >= 4 is 43.3 Å². The number of nitrogens with two attached hydrogens (primary N) is 2. The maximum Gasteiger partial charge on any atom is 0.182 e. The lowest BCUT2D eigenvalue weighted by atomic mass is 9.96. The number of hydrogen-bond acceptors (Lipinski definition) is 4. The molecule has 6 heteroatoms. The van der Waals surface area contributed by atoms with Crippen LogP contribution in [0.4, 0.5) is 5.69 Å². The van der Waals surface area contributed by atoms with Crippen LogP contribution >= 0.6 is 31.9 Å². The molecule has 1 rings (SSSR count). The molecule has 18 heavy (non-hydrogen) atoms. The molecule has 0 radical (unpaired) electrons. The van der Waals surface area contributed by atoms with Crippen LogP contribution in [0.1, 0.15) is 30.6 Å². The second-order valence-electron chi connectivity index (χ2n) is 4.59. The van der Waals surface area contributed by atoms with Crippen molar-refractivity contribution in [2.45, 2.75) is 26.3 Å². The smallest absolute Gasteiger partial charge is 0.182 e. The summed E-state index contributed by atoms with van der Waals surface area (Å²) in [5.41, 5.74) is 12.2. The Morgan fingerprint density at radius 2 is 2.00 bits per heavy atom. The average molecular weight is 380 g/mol. The predicted molar refractivity (Wildman–Crippen MR) is 79.7 cm³/mol. The predicted octanol–water partition coefficient (Wildman–Crippen LogP) is 3.06. The van der Waals surface area contributed by atoms with Gasteiger partial charge in [0.25, 0.3) is 0 Å². The van der Waals surface area contributed by atoms with Gasteiger partial charge < -0.3 is 16.6 Å². The van der Waals surface area contributed by atoms with Crippen LogP contribution in [0, 0.1) is 5.92 Å². The molecule has 0 saturated heterocycles. The molecule has 0 saturated carbocycles. The molecule has 4 nitrogen and oxygen atoms in total. The highest BCUT2D eigenvalue weighted by Crippen LogP contribution is 2.39. The normalized spacial score (nSPS) is 12.8. The van der Waals surface area contributed by atoms with E-state index in [1.165, 1.54) is 6.07 Å². The molecule has 0 bridgehead atoms. The van der Waals surface area contributed by atoms with Gasteiger partial charge >= 0.3 is 0 Å². The standard InChI is InChI=1S/C12H16Br2N2O2/c1-5(2)3-8(16)12(18)9-7(15)4-6(13)11(17)10(9)14/h4-5,8,17H,3,15-16H2,1-2H3/t8-/m0/s1. The van der Waals surface area contributed by atoms with E-state index >= 15 is 0 Å². The van der Waals surface area contributed by atoms with E-state index in [1.54, 1.807) is 0 Å². The topological polar surface area (TPSA) is 89.3 Å². The summed E-state index contributed by atoms with van der Waals surface area (Å²) in [5.74, 6) is -0.00633. The molecule has 0 aliphatic heterocycles. The number of ketones is 1. The number of hydrogen-bond donors (Lipinski definition) is 3. The van der Waals surface area contributed by atoms with E-state index in [0.717, 1.165) is 0 Å². The lowest BCUT2D eigenvalue weighted by Crippen LogP contribution is -2.32. The van der Waals surface area contributed by atoms with Crippen molar-refractivity contribution in [1.29, 1.82) is 0 Å². The van der Waals surface area contributed by atoms with Gasteiger partial charge in [-0.25, -0.2) is 0 Å². The number of halogens is 2. The molecule has 0 fully saturated rings. The summed E-state index contributed by atoms with van der Waals surface area (Å²) in [4.78, 5) is 12.2. The third-order valence-electron chi connectivity index (χ3n) is 2.53. The van der Waals surface area contributed by atoms with Crippen molar-refractivity contribution in [3.05, 3.63) is 20.6 Å². The lowest BCUT2D eigenvalue weighted by Gasteiger charge is -2.16. The van der Waals surface area contributed by atoms with Crippen molar-refractivity contribution in [1.82, 2.24) is 0 Å². The Kier molecular flexibility index (Phi) is 5.19. The molecular formula is C12H16Br2N2O2. The highest BCUT2D eigenvalue weighted by atomic mass is 79.9. The Morgan fingerprint density at radius 1 is 1.44 bits per heavy atom. The first kappa shape index (κ1) is 15.5. The third kappa shape index (κ3) is 3.24. The van der Waals surface area contributed by atoms with Gasteiger partial charge in [-0.05, 0) is 50.3 Å². The van der Waals surface area contributed by atoms with E-state index in [9.17, 15) is 9.90 Å². The van der Waals surface area contributed by atoms with Crippen molar-refractivity contribution < 1.29 is 9.90 Å². The lowest BCUT2D eigenvalue weighted by molar-refractivity contribution is 0.0950. The summed E-state index contributed by atoms with van der Waals surface area (Å²) < 4.78 is 0.708. The first-order chi connectivity index (χ1) is 8.25. The van der Waals surface area contributed by atoms with Crippen LogP contribution in [-0.4, -0.2) is 16.9 Å². The fourth-order valence-corrected chi connectivity index (χ4v) is 3.03. The Balaban J connectivity index is 3.18. The number of nitrogen functional groups attached to an aromatic ring is 1. The summed E-state index contributed by atoms with van der Waals surface area (Å²) >= 11 is 6.34. The van der Waals surface area contributed by atoms with E-state index in [4.69, 9.17) is 11.5 Å². The minimum atomic E-state index is -0.621. The zero-order valence-corrected chi connectivity index (χ0v) is 13.4. The molecule has 0 aromatic heterocycles. The van der Waals surface area contributed by atoms with Crippen molar-refractivity contribution in [2.75, 3.05) is 5.73 Å². The van der Waals surface area contributed by atoms with Crippen molar-refractivity contribution in [2.24, 2.45) is 11.7 Å². The fourth-order valence-electron chi connectivity index (χ4n) is 1.68. The van der Waals surface area contributed by atoms with Crippen LogP contribution in [-0.2, 0) is 0 Å². The number of carbonyl (C=O) groups is 1. The molecule has 0 unspecified atom stereocenters. The SMILES string of the molecule is CC(C)C[C@H](N)C(=O)c1c(N)cc(Br)c(O)c1Br. The molecule has 5 N–H and O–H groups in total. The first-order valence-electron chi connectivity index (χ1n) is 5.51. The van der Waals surface area contributed by atoms with Gasteiger partial charge in [0.1, 0.15) is 5.75 Å². The van der Waals surface area contributed by atoms with E-state index in [-0.39, 0.29) is 27.3 Å². The number of carbonyl (C=O) groups excluding carboxylic acids is 1. The molecule has 0 heterocycles. The van der Waals surface area contributed by atoms with Crippen LogP contribution in [0.3, 0.4) is 0 Å². The van der Waals surface area contributed by atoms with Gasteiger partial charge in [-0.2, -0.15) is 0 Å². The summed E-state index contributed by atoms with van der Waals surface area (Å²) in [6.07, 6.45) is 0.571. The first-order valence-corrected chi connectivity index (χ1v) is 7.10. The molecule has 0 spiro atoms. The molecular weight excluding hydrogens is 364 g/mol. The highest BCUT2D eigenvalue weighted by Gasteiger charge is 2.24. The number of rotatable bonds is 4. The zero-order valence-electron chi connectivity index (χ0n) is 10.2. The second kappa shape index (κ2) is 6.04. The molecule has 100 valence electrons. The minimum Gasteiger partial charge on any atom is -0.506 e. The van der Waals surface area contributed by atoms with Gasteiger partial charge in [-0.15, -0.1) is 0 Å². The highest BCUT2D eigenvalue weighted by molar-refractivity contribution is 9.11. The minimum absolute atomic E-state index is 0.0516. The van der Waals surface area contributed by atoms with Gasteiger partial charge in [-0.3, -0.25) is 4.79 Å². The quantitative estimate of drug-likeness (QED) is 0.426. The summed E-state index contributed by atoms with van der Waals surface area (Å²) in [5, 5.41) is 9.78. The van der Waals surface area contributed by atoms with Crippen LogP contribution in [0.5, 0.6) is 5.75 Å². The molecule has 0 amide bonds. The van der Waals surface area contributed by atoms with Gasteiger partial charge in [0.15, 0.2) is 5.78 Å². The van der Waals surface area contributed by atoms with Crippen LogP contribution in [0.2, 0.25) is 0 Å². The van der Waals surface area contributed by atoms with Crippen LogP contribution in [0.25, 0.3) is 0 Å². The van der Waals surface area contributed by atoms with E-state index in [0.29, 0.717) is 16.8 Å². The van der Waals surface area contributed by atoms with Crippen LogP contribution < -0.4 is 11.5 Å². The Labute approximate surface area is 123 Å². The fraction of sp³-hybridized carbons (Fsp3) is 0.417. The number of benzene rings is 1. The summed E-state index contributed by atoms with van der Waals surface area (Å²) in [6, 6.07) is 0.874. The number of aromatic hydroxyl groups is 1. The second-order valence-corrected chi connectivity index (χ2v) is 6.23. The van der Waals surface area contributed by atoms with E-state index in [1.807, 2.05) is 13.8 Å². The number of phenolic OH excluding ortho intramolecular Hbond substituents is 1. The number of anilines is 1. The van der Waals surface area contributed by atoms with Gasteiger partial charge in [0, 0.05) is 5.69 Å². The van der Waals surface area contributed by atoms with Crippen molar-refractivity contribution in [3.8, 4) is 5.75 Å². The molecule has 1 aromatic rings. The van der Waals surface area contributed by atoms with Gasteiger partial charge in [-0.1, -0.05) is 13.8 Å². The summed E-state index contributed by atoms with van der Waals surface area (Å²) in [7, 11) is 0. The Hall–Kier alpha value is -0.590. The zero-order chi connectivity index (χ0) is 14.0. The van der Waals surface area contributed by atoms with Gasteiger partial charge in [0.05, 0.1) is 20.6 Å². The van der Waals surface area contributed by atoms with Crippen molar-refractivity contribution in [3.63, 3.8) is 0 Å². The van der Waals surface area contributed by atoms with E-state index < -0.39 is 6.04 Å². The van der Waals surface area contributed by atoms with Crippen LogP contribution in [0.15, 0.2) is 15.0 Å². The monoisotopic (exact) mass is 378 g/mol. The maximum atomic E-state index is 12.2. The Bertz CT molecular complexity index is 476. The molecule has 1 aromatic carbocycles. The Morgan fingerprint density at radius 3 is 2.50 bits per heavy atom. The average Bonchev–Trinajstić information content (AvgIpc) is 2.25. The number of phenols is 1. The molecule has 1 atom stereocenters. The molecule has 0 aliphatic carbocycles. The summed E-state index contributed by atoms with van der Waals surface area (Å²) in [6.45, 7) is 3.98.